The Morgan fingerprint density at radius 1 is 0.955 bits per heavy atom. The van der Waals surface area contributed by atoms with E-state index in [1.165, 1.54) is 52.0 Å². The molecule has 1 aromatic carbocycles. The molecule has 0 fully saturated rings. The Bertz CT molecular complexity index is 1140. The van der Waals surface area contributed by atoms with Crippen LogP contribution in [0.5, 0.6) is 0 Å². The van der Waals surface area contributed by atoms with Crippen LogP contribution in [0.2, 0.25) is 0 Å². The molecule has 0 aliphatic carbocycles. The van der Waals surface area contributed by atoms with Crippen molar-refractivity contribution in [2.45, 2.75) is 107 Å². The summed E-state index contributed by atoms with van der Waals surface area (Å²) in [4.78, 5) is 64.5. The van der Waals surface area contributed by atoms with Crippen LogP contribution >= 0.6 is 0 Å². The van der Waals surface area contributed by atoms with Crippen LogP contribution in [0.15, 0.2) is 30.3 Å². The van der Waals surface area contributed by atoms with Crippen molar-refractivity contribution in [2.75, 3.05) is 6.61 Å². The van der Waals surface area contributed by atoms with E-state index in [9.17, 15) is 49.5 Å². The number of ether oxygens (including phenoxy) is 1. The summed E-state index contributed by atoms with van der Waals surface area (Å²) < 4.78 is 5.38. The van der Waals surface area contributed by atoms with Crippen molar-refractivity contribution in [3.8, 4) is 0 Å². The van der Waals surface area contributed by atoms with E-state index in [4.69, 9.17) is 16.2 Å². The number of amides is 2. The fourth-order valence-electron chi connectivity index (χ4n) is 4.40. The van der Waals surface area contributed by atoms with Crippen LogP contribution in [0, 0.1) is 0 Å². The molecule has 0 radical (unpaired) electrons. The molecular weight excluding hydrogens is 580 g/mol. The van der Waals surface area contributed by atoms with E-state index >= 15 is 0 Å². The van der Waals surface area contributed by atoms with Gasteiger partial charge in [-0.15, -0.1) is 0 Å². The number of carbonyl (C=O) groups excluding carboxylic acids is 4. The minimum Gasteiger partial charge on any atom is -0.480 e. The first-order valence-corrected chi connectivity index (χ1v) is 14.2. The van der Waals surface area contributed by atoms with Crippen LogP contribution in [0.3, 0.4) is 0 Å². The summed E-state index contributed by atoms with van der Waals surface area (Å²) in [7, 11) is 0. The summed E-state index contributed by atoms with van der Waals surface area (Å²) in [5.74, 6) is -7.84. The van der Waals surface area contributed by atoms with E-state index in [1.807, 2.05) is 0 Å². The molecular formula is C29H46N4O11. The highest BCUT2D eigenvalue weighted by Gasteiger charge is 2.51. The Balaban J connectivity index is 3.37. The number of nitrogens with two attached hydrogens (primary N) is 2. The monoisotopic (exact) mass is 626 g/mol. The first-order valence-electron chi connectivity index (χ1n) is 14.2. The molecule has 2 amide bonds. The van der Waals surface area contributed by atoms with Crippen molar-refractivity contribution in [3.05, 3.63) is 35.9 Å². The van der Waals surface area contributed by atoms with Crippen LogP contribution < -0.4 is 22.1 Å². The molecule has 0 aliphatic rings. The highest BCUT2D eigenvalue weighted by Crippen LogP contribution is 2.26. The number of ketones is 1. The number of aliphatic carboxylic acids is 1. The van der Waals surface area contributed by atoms with Crippen LogP contribution in [0.25, 0.3) is 0 Å². The molecule has 0 bridgehead atoms. The lowest BCUT2D eigenvalue weighted by Crippen LogP contribution is -2.68. The third-order valence-electron chi connectivity index (χ3n) is 6.96. The number of aliphatic hydroxyl groups excluding tert-OH is 4. The Morgan fingerprint density at radius 2 is 1.52 bits per heavy atom. The zero-order chi connectivity index (χ0) is 34.0. The fourth-order valence-corrected chi connectivity index (χ4v) is 4.40. The van der Waals surface area contributed by atoms with E-state index in [-0.39, 0.29) is 18.4 Å². The number of nitrogens with one attached hydrogen (secondary N) is 2. The predicted molar refractivity (Wildman–Crippen MR) is 157 cm³/mol. The third kappa shape index (κ3) is 9.77. The van der Waals surface area contributed by atoms with Crippen LogP contribution in [0.1, 0.15) is 65.4 Å². The van der Waals surface area contributed by atoms with Crippen molar-refractivity contribution < 1.29 is 54.2 Å². The summed E-state index contributed by atoms with van der Waals surface area (Å²) in [6, 6.07) is 2.74. The zero-order valence-electron chi connectivity index (χ0n) is 25.6. The zero-order valence-corrected chi connectivity index (χ0v) is 25.6. The number of benzene rings is 1. The molecule has 0 saturated carbocycles. The number of hydrogen-bond donors (Lipinski definition) is 9. The Hall–Kier alpha value is -3.47. The second-order valence-corrected chi connectivity index (χ2v) is 11.5. The summed E-state index contributed by atoms with van der Waals surface area (Å²) in [5, 5.41) is 56.2. The number of rotatable bonds is 17. The average Bonchev–Trinajstić information content (AvgIpc) is 2.96. The fraction of sp³-hybridized carbons (Fsp3) is 0.621. The van der Waals surface area contributed by atoms with Gasteiger partial charge in [-0.1, -0.05) is 50.6 Å². The molecule has 0 saturated heterocycles. The highest BCUT2D eigenvalue weighted by molar-refractivity contribution is 6.10. The normalized spacial score (nSPS) is 17.9. The van der Waals surface area contributed by atoms with E-state index in [0.29, 0.717) is 6.42 Å². The lowest BCUT2D eigenvalue weighted by Gasteiger charge is -2.36. The van der Waals surface area contributed by atoms with Gasteiger partial charge in [-0.05, 0) is 39.2 Å². The van der Waals surface area contributed by atoms with Gasteiger partial charge in [0.2, 0.25) is 11.4 Å². The maximum Gasteiger partial charge on any atom is 0.342 e. The molecule has 8 atom stereocenters. The standard InChI is InChI=1S/C29H46N4O11/c1-6-11-16(30)24(39)33-29(7-2,27(43)44-28(3,4)5)26(42)32-17(14-34)20(35)22(37)23(38)21(36)18(19(31)25(40)41)15-12-9-8-10-13-15/h8-10,12-13,16-21,23,34-36,38H,6-7,11,14,30-31H2,1-5H3,(H,32,42)(H,33,39)(H,40,41)/t16-,17-,18?,19-,20+,21?,23+,29-/m0/s1. The van der Waals surface area contributed by atoms with Crippen molar-refractivity contribution in [1.82, 2.24) is 10.6 Å². The molecule has 0 heterocycles. The molecule has 11 N–H and O–H groups in total. The van der Waals surface area contributed by atoms with E-state index < -0.39 is 89.6 Å². The minimum absolute atomic E-state index is 0.172. The molecule has 2 unspecified atom stereocenters. The van der Waals surface area contributed by atoms with Gasteiger partial charge >= 0.3 is 11.9 Å². The van der Waals surface area contributed by atoms with Gasteiger partial charge in [-0.25, -0.2) is 4.79 Å². The van der Waals surface area contributed by atoms with Crippen LogP contribution in [-0.2, 0) is 28.7 Å². The molecule has 248 valence electrons. The number of carbonyl (C=O) groups is 5. The van der Waals surface area contributed by atoms with Crippen molar-refractivity contribution >= 4 is 29.5 Å². The maximum atomic E-state index is 13.6. The first kappa shape index (κ1) is 38.6. The van der Waals surface area contributed by atoms with Crippen LogP contribution in [-0.4, -0.2) is 109 Å². The van der Waals surface area contributed by atoms with Gasteiger partial charge in [0.25, 0.3) is 5.91 Å². The van der Waals surface area contributed by atoms with Crippen LogP contribution in [0.4, 0.5) is 0 Å². The Labute approximate surface area is 255 Å². The van der Waals surface area contributed by atoms with E-state index in [2.05, 4.69) is 10.6 Å². The van der Waals surface area contributed by atoms with Gasteiger partial charge in [-0.2, -0.15) is 0 Å². The SMILES string of the molecule is CCC[C@H](N)C(=O)N[C@@](CC)(C(=O)N[C@@H](CO)[C@@H](O)C(=O)[C@H](O)C(O)C(c1ccccc1)[C@H](N)C(=O)O)C(=O)OC(C)(C)C. The molecule has 0 spiro atoms. The molecule has 1 rings (SSSR count). The summed E-state index contributed by atoms with van der Waals surface area (Å²) in [6.45, 7) is 6.64. The molecule has 15 nitrogen and oxygen atoms in total. The summed E-state index contributed by atoms with van der Waals surface area (Å²) in [6.07, 6.45) is -6.57. The Morgan fingerprint density at radius 3 is 1.98 bits per heavy atom. The molecule has 1 aromatic rings. The number of carboxylic acids is 1. The molecule has 0 aromatic heterocycles. The average molecular weight is 627 g/mol. The smallest absolute Gasteiger partial charge is 0.342 e. The van der Waals surface area contributed by atoms with Gasteiger partial charge in [0.1, 0.15) is 23.9 Å². The van der Waals surface area contributed by atoms with Gasteiger partial charge < -0.3 is 52.4 Å². The topological polar surface area (TPSA) is 272 Å². The largest absolute Gasteiger partial charge is 0.480 e. The quantitative estimate of drug-likeness (QED) is 0.0672. The number of esters is 1. The highest BCUT2D eigenvalue weighted by atomic mass is 16.6. The number of hydrogen-bond acceptors (Lipinski definition) is 12. The van der Waals surface area contributed by atoms with Gasteiger partial charge in [0, 0.05) is 5.92 Å². The maximum absolute atomic E-state index is 13.6. The Kier molecular flexibility index (Phi) is 14.5. The minimum atomic E-state index is -2.43. The van der Waals surface area contributed by atoms with Crippen molar-refractivity contribution in [3.63, 3.8) is 0 Å². The third-order valence-corrected chi connectivity index (χ3v) is 6.96. The van der Waals surface area contributed by atoms with Gasteiger partial charge in [-0.3, -0.25) is 19.2 Å². The lowest BCUT2D eigenvalue weighted by molar-refractivity contribution is -0.168. The lowest BCUT2D eigenvalue weighted by atomic mass is 9.82. The second kappa shape index (κ2) is 16.6. The van der Waals surface area contributed by atoms with Crippen molar-refractivity contribution in [2.24, 2.45) is 11.5 Å². The second-order valence-electron chi connectivity index (χ2n) is 11.5. The molecule has 15 heteroatoms. The molecule has 0 aliphatic heterocycles. The molecule has 44 heavy (non-hydrogen) atoms. The summed E-state index contributed by atoms with van der Waals surface area (Å²) in [5.41, 5.74) is 8.29. The summed E-state index contributed by atoms with van der Waals surface area (Å²) >= 11 is 0. The van der Waals surface area contributed by atoms with Gasteiger partial charge in [0.15, 0.2) is 5.78 Å². The number of carboxylic acid groups (broad SMARTS) is 1. The number of aliphatic hydroxyl groups is 4. The van der Waals surface area contributed by atoms with Gasteiger partial charge in [0.05, 0.1) is 24.8 Å². The van der Waals surface area contributed by atoms with Crippen molar-refractivity contribution in [1.29, 1.82) is 0 Å². The predicted octanol–water partition coefficient (Wildman–Crippen LogP) is -1.95. The van der Waals surface area contributed by atoms with E-state index in [0.717, 1.165) is 0 Å². The van der Waals surface area contributed by atoms with E-state index in [1.54, 1.807) is 13.0 Å². The number of Topliss-reactive ketones (excluding diaryl/α,β-unsaturated/α-hetero) is 1. The first-order chi connectivity index (χ1) is 20.4.